The summed E-state index contributed by atoms with van der Waals surface area (Å²) in [5.74, 6) is 0.963. The van der Waals surface area contributed by atoms with E-state index >= 15 is 0 Å². The smallest absolute Gasteiger partial charge is 0.0334 e. The van der Waals surface area contributed by atoms with E-state index in [4.69, 9.17) is 5.73 Å². The summed E-state index contributed by atoms with van der Waals surface area (Å²) in [6.07, 6.45) is 9.38. The molecule has 1 saturated carbocycles. The number of nitrogens with zero attached hydrogens (tertiary/aromatic N) is 1. The van der Waals surface area contributed by atoms with E-state index in [9.17, 15) is 0 Å². The van der Waals surface area contributed by atoms with Crippen LogP contribution in [0, 0.1) is 5.92 Å². The zero-order valence-corrected chi connectivity index (χ0v) is 13.0. The second kappa shape index (κ2) is 7.49. The van der Waals surface area contributed by atoms with E-state index in [2.05, 4.69) is 32.6 Å². The second-order valence-corrected chi connectivity index (χ2v) is 6.20. The van der Waals surface area contributed by atoms with Crippen molar-refractivity contribution in [2.45, 2.75) is 84.2 Å². The Hall–Kier alpha value is -0.0800. The normalized spacial score (nSPS) is 30.7. The maximum Gasteiger partial charge on any atom is 0.0334 e. The number of hydrogen-bond acceptors (Lipinski definition) is 2. The van der Waals surface area contributed by atoms with Crippen LogP contribution in [0.2, 0.25) is 0 Å². The van der Waals surface area contributed by atoms with Gasteiger partial charge in [0.1, 0.15) is 0 Å². The Morgan fingerprint density at radius 3 is 2.22 bits per heavy atom. The van der Waals surface area contributed by atoms with E-state index in [0.717, 1.165) is 19.0 Å². The highest BCUT2D eigenvalue weighted by atomic mass is 15.2. The third-order valence-corrected chi connectivity index (χ3v) is 5.19. The molecular weight excluding hydrogens is 220 g/mol. The third kappa shape index (κ3) is 3.48. The average Bonchev–Trinajstić information content (AvgIpc) is 2.41. The van der Waals surface area contributed by atoms with Crippen LogP contribution in [0.3, 0.4) is 0 Å². The first kappa shape index (κ1) is 16.0. The molecule has 2 heteroatoms. The summed E-state index contributed by atoms with van der Waals surface area (Å²) in [7, 11) is 0. The van der Waals surface area contributed by atoms with Crippen molar-refractivity contribution in [3.05, 3.63) is 0 Å². The minimum absolute atomic E-state index is 0.300. The summed E-state index contributed by atoms with van der Waals surface area (Å²) in [6, 6.07) is 0.668. The molecule has 1 unspecified atom stereocenters. The molecule has 18 heavy (non-hydrogen) atoms. The Bertz CT molecular complexity index is 219. The van der Waals surface area contributed by atoms with E-state index in [-0.39, 0.29) is 0 Å². The topological polar surface area (TPSA) is 29.3 Å². The summed E-state index contributed by atoms with van der Waals surface area (Å²) < 4.78 is 0. The molecule has 1 atom stereocenters. The van der Waals surface area contributed by atoms with Crippen molar-refractivity contribution in [1.29, 1.82) is 0 Å². The molecule has 1 rings (SSSR count). The lowest BCUT2D eigenvalue weighted by Gasteiger charge is -2.50. The molecule has 1 aliphatic carbocycles. The van der Waals surface area contributed by atoms with Crippen LogP contribution in [-0.2, 0) is 0 Å². The van der Waals surface area contributed by atoms with Gasteiger partial charge in [-0.1, -0.05) is 33.6 Å². The maximum atomic E-state index is 6.18. The molecule has 2 nitrogen and oxygen atoms in total. The number of likely N-dealkylation sites (N-methyl/N-ethyl adjacent to an activating group) is 1. The highest BCUT2D eigenvalue weighted by Gasteiger charge is 2.39. The van der Waals surface area contributed by atoms with E-state index in [1.807, 2.05) is 0 Å². The van der Waals surface area contributed by atoms with Gasteiger partial charge in [0, 0.05) is 18.1 Å². The van der Waals surface area contributed by atoms with Crippen molar-refractivity contribution >= 4 is 0 Å². The SMILES string of the molecule is CCCC1CCC(CN)(N(CC)C(C)CC)CC1. The number of nitrogens with two attached hydrogens (primary N) is 1. The largest absolute Gasteiger partial charge is 0.329 e. The van der Waals surface area contributed by atoms with Gasteiger partial charge in [0.05, 0.1) is 0 Å². The minimum Gasteiger partial charge on any atom is -0.329 e. The maximum absolute atomic E-state index is 6.18. The molecule has 0 aromatic carbocycles. The Morgan fingerprint density at radius 2 is 1.83 bits per heavy atom. The first-order valence-electron chi connectivity index (χ1n) is 8.10. The van der Waals surface area contributed by atoms with Gasteiger partial charge in [0.2, 0.25) is 0 Å². The van der Waals surface area contributed by atoms with Crippen LogP contribution in [0.4, 0.5) is 0 Å². The predicted molar refractivity (Wildman–Crippen MR) is 80.8 cm³/mol. The van der Waals surface area contributed by atoms with Gasteiger partial charge in [-0.2, -0.15) is 0 Å². The van der Waals surface area contributed by atoms with Crippen LogP contribution in [0.15, 0.2) is 0 Å². The molecule has 0 bridgehead atoms. The first-order valence-corrected chi connectivity index (χ1v) is 8.10. The van der Waals surface area contributed by atoms with Gasteiger partial charge in [-0.15, -0.1) is 0 Å². The standard InChI is InChI=1S/C16H34N2/c1-5-8-15-9-11-16(13-17,12-10-15)18(7-3)14(4)6-2/h14-15H,5-13,17H2,1-4H3. The molecule has 0 amide bonds. The van der Waals surface area contributed by atoms with E-state index in [1.165, 1.54) is 44.9 Å². The summed E-state index contributed by atoms with van der Waals surface area (Å²) >= 11 is 0. The molecule has 0 heterocycles. The molecular formula is C16H34N2. The summed E-state index contributed by atoms with van der Waals surface area (Å²) in [4.78, 5) is 2.69. The zero-order valence-electron chi connectivity index (χ0n) is 13.0. The Morgan fingerprint density at radius 1 is 1.22 bits per heavy atom. The van der Waals surface area contributed by atoms with E-state index < -0.39 is 0 Å². The van der Waals surface area contributed by atoms with Crippen molar-refractivity contribution in [3.63, 3.8) is 0 Å². The number of rotatable bonds is 7. The third-order valence-electron chi connectivity index (χ3n) is 5.19. The van der Waals surface area contributed by atoms with Crippen LogP contribution in [0.1, 0.15) is 72.6 Å². The molecule has 0 aliphatic heterocycles. The molecule has 0 spiro atoms. The van der Waals surface area contributed by atoms with Crippen LogP contribution in [-0.4, -0.2) is 29.6 Å². The van der Waals surface area contributed by atoms with Crippen molar-refractivity contribution in [2.75, 3.05) is 13.1 Å². The fourth-order valence-electron chi connectivity index (χ4n) is 3.86. The first-order chi connectivity index (χ1) is 8.63. The summed E-state index contributed by atoms with van der Waals surface area (Å²) in [5, 5.41) is 0. The average molecular weight is 254 g/mol. The fraction of sp³-hybridized carbons (Fsp3) is 1.00. The number of hydrogen-bond donors (Lipinski definition) is 1. The lowest BCUT2D eigenvalue weighted by atomic mass is 9.73. The van der Waals surface area contributed by atoms with Crippen molar-refractivity contribution < 1.29 is 0 Å². The molecule has 0 saturated heterocycles. The summed E-state index contributed by atoms with van der Waals surface area (Å²) in [5.41, 5.74) is 6.48. The monoisotopic (exact) mass is 254 g/mol. The Kier molecular flexibility index (Phi) is 6.65. The molecule has 1 aliphatic rings. The van der Waals surface area contributed by atoms with Gasteiger partial charge in [-0.25, -0.2) is 0 Å². The van der Waals surface area contributed by atoms with E-state index in [0.29, 0.717) is 11.6 Å². The van der Waals surface area contributed by atoms with Crippen LogP contribution < -0.4 is 5.73 Å². The summed E-state index contributed by atoms with van der Waals surface area (Å²) in [6.45, 7) is 11.2. The fourth-order valence-corrected chi connectivity index (χ4v) is 3.86. The van der Waals surface area contributed by atoms with Gasteiger partial charge in [-0.3, -0.25) is 4.90 Å². The van der Waals surface area contributed by atoms with Gasteiger partial charge < -0.3 is 5.73 Å². The van der Waals surface area contributed by atoms with Gasteiger partial charge in [-0.05, 0) is 51.5 Å². The van der Waals surface area contributed by atoms with E-state index in [1.54, 1.807) is 0 Å². The van der Waals surface area contributed by atoms with Crippen LogP contribution >= 0.6 is 0 Å². The predicted octanol–water partition coefficient (Wildman–Crippen LogP) is 3.79. The van der Waals surface area contributed by atoms with Crippen molar-refractivity contribution in [3.8, 4) is 0 Å². The molecule has 2 N–H and O–H groups in total. The lowest BCUT2D eigenvalue weighted by Crippen LogP contribution is -2.58. The second-order valence-electron chi connectivity index (χ2n) is 6.20. The quantitative estimate of drug-likeness (QED) is 0.749. The highest BCUT2D eigenvalue weighted by molar-refractivity contribution is 4.97. The molecule has 1 fully saturated rings. The lowest BCUT2D eigenvalue weighted by molar-refractivity contribution is 0.0146. The van der Waals surface area contributed by atoms with Gasteiger partial charge in [0.15, 0.2) is 0 Å². The molecule has 0 aromatic rings. The highest BCUT2D eigenvalue weighted by Crippen LogP contribution is 2.38. The Labute approximate surface area is 114 Å². The van der Waals surface area contributed by atoms with Crippen molar-refractivity contribution in [2.24, 2.45) is 11.7 Å². The molecule has 0 aromatic heterocycles. The minimum atomic E-state index is 0.300. The van der Waals surface area contributed by atoms with Gasteiger partial charge in [0.25, 0.3) is 0 Å². The van der Waals surface area contributed by atoms with Crippen LogP contribution in [0.5, 0.6) is 0 Å². The van der Waals surface area contributed by atoms with Gasteiger partial charge >= 0.3 is 0 Å². The zero-order chi connectivity index (χ0) is 13.6. The molecule has 0 radical (unpaired) electrons. The Balaban J connectivity index is 2.69. The molecule has 108 valence electrons. The van der Waals surface area contributed by atoms with Crippen molar-refractivity contribution in [1.82, 2.24) is 4.90 Å². The van der Waals surface area contributed by atoms with Crippen LogP contribution in [0.25, 0.3) is 0 Å².